The zero-order valence-corrected chi connectivity index (χ0v) is 12.9. The standard InChI is InChI=1S/C18H22N2O/c1-12-10-13(2)17(14(3)11-12)18(21)20-16-6-4-15(5-7-16)8-9-19/h4-7,10-11H,8-9,19H2,1-3H3,(H,20,21). The van der Waals surface area contributed by atoms with Gasteiger partial charge in [-0.15, -0.1) is 0 Å². The molecule has 0 spiro atoms. The minimum Gasteiger partial charge on any atom is -0.330 e. The van der Waals surface area contributed by atoms with Crippen LogP contribution in [-0.2, 0) is 6.42 Å². The van der Waals surface area contributed by atoms with Crippen LogP contribution >= 0.6 is 0 Å². The lowest BCUT2D eigenvalue weighted by Gasteiger charge is -2.12. The Morgan fingerprint density at radius 3 is 2.14 bits per heavy atom. The van der Waals surface area contributed by atoms with Gasteiger partial charge in [-0.25, -0.2) is 0 Å². The van der Waals surface area contributed by atoms with E-state index in [2.05, 4.69) is 5.32 Å². The Hall–Kier alpha value is -2.13. The number of rotatable bonds is 4. The highest BCUT2D eigenvalue weighted by Gasteiger charge is 2.12. The molecule has 21 heavy (non-hydrogen) atoms. The minimum atomic E-state index is -0.0587. The van der Waals surface area contributed by atoms with Gasteiger partial charge in [0, 0.05) is 11.3 Å². The number of nitrogens with two attached hydrogens (primary N) is 1. The van der Waals surface area contributed by atoms with Crippen molar-refractivity contribution in [2.24, 2.45) is 5.73 Å². The first kappa shape index (κ1) is 15.3. The van der Waals surface area contributed by atoms with Crippen LogP contribution in [0.5, 0.6) is 0 Å². The van der Waals surface area contributed by atoms with Crippen molar-refractivity contribution in [2.45, 2.75) is 27.2 Å². The molecule has 0 aliphatic carbocycles. The van der Waals surface area contributed by atoms with Crippen LogP contribution in [-0.4, -0.2) is 12.5 Å². The quantitative estimate of drug-likeness (QED) is 0.903. The SMILES string of the molecule is Cc1cc(C)c(C(=O)Nc2ccc(CCN)cc2)c(C)c1. The molecule has 0 fully saturated rings. The second-order valence-electron chi connectivity index (χ2n) is 5.46. The zero-order valence-electron chi connectivity index (χ0n) is 12.9. The first-order valence-electron chi connectivity index (χ1n) is 7.19. The zero-order chi connectivity index (χ0) is 15.4. The molecule has 2 aromatic carbocycles. The lowest BCUT2D eigenvalue weighted by atomic mass is 9.99. The van der Waals surface area contributed by atoms with Gasteiger partial charge in [0.1, 0.15) is 0 Å². The summed E-state index contributed by atoms with van der Waals surface area (Å²) in [7, 11) is 0. The molecule has 0 radical (unpaired) electrons. The van der Waals surface area contributed by atoms with Crippen molar-refractivity contribution in [1.29, 1.82) is 0 Å². The van der Waals surface area contributed by atoms with Crippen LogP contribution in [0.3, 0.4) is 0 Å². The molecule has 3 nitrogen and oxygen atoms in total. The van der Waals surface area contributed by atoms with Gasteiger partial charge < -0.3 is 11.1 Å². The molecular weight excluding hydrogens is 260 g/mol. The van der Waals surface area contributed by atoms with Gasteiger partial charge in [-0.1, -0.05) is 29.8 Å². The van der Waals surface area contributed by atoms with Crippen LogP contribution in [0.15, 0.2) is 36.4 Å². The smallest absolute Gasteiger partial charge is 0.256 e. The predicted octanol–water partition coefficient (Wildman–Crippen LogP) is 3.37. The average molecular weight is 282 g/mol. The molecule has 0 aliphatic heterocycles. The predicted molar refractivity (Wildman–Crippen MR) is 87.8 cm³/mol. The summed E-state index contributed by atoms with van der Waals surface area (Å²) in [6.07, 6.45) is 0.852. The maximum atomic E-state index is 12.4. The van der Waals surface area contributed by atoms with E-state index in [4.69, 9.17) is 5.73 Å². The molecule has 0 unspecified atom stereocenters. The third-order valence-electron chi connectivity index (χ3n) is 3.55. The van der Waals surface area contributed by atoms with E-state index in [1.807, 2.05) is 57.2 Å². The fourth-order valence-corrected chi connectivity index (χ4v) is 2.65. The summed E-state index contributed by atoms with van der Waals surface area (Å²) in [4.78, 5) is 12.4. The molecule has 110 valence electrons. The van der Waals surface area contributed by atoms with E-state index in [0.29, 0.717) is 6.54 Å². The Morgan fingerprint density at radius 1 is 1.05 bits per heavy atom. The van der Waals surface area contributed by atoms with Gasteiger partial charge in [-0.3, -0.25) is 4.79 Å². The van der Waals surface area contributed by atoms with Crippen molar-refractivity contribution in [3.05, 3.63) is 64.2 Å². The molecule has 0 heterocycles. The minimum absolute atomic E-state index is 0.0587. The second kappa shape index (κ2) is 6.55. The van der Waals surface area contributed by atoms with Crippen molar-refractivity contribution < 1.29 is 4.79 Å². The van der Waals surface area contributed by atoms with Gasteiger partial charge >= 0.3 is 0 Å². The van der Waals surface area contributed by atoms with Gasteiger partial charge in [0.15, 0.2) is 0 Å². The summed E-state index contributed by atoms with van der Waals surface area (Å²) in [5, 5.41) is 2.96. The Bertz CT molecular complexity index is 622. The largest absolute Gasteiger partial charge is 0.330 e. The summed E-state index contributed by atoms with van der Waals surface area (Å²) in [5.41, 5.74) is 11.5. The number of hydrogen-bond donors (Lipinski definition) is 2. The van der Waals surface area contributed by atoms with E-state index < -0.39 is 0 Å². The molecule has 0 aromatic heterocycles. The van der Waals surface area contributed by atoms with Gasteiger partial charge in [-0.2, -0.15) is 0 Å². The highest BCUT2D eigenvalue weighted by Crippen LogP contribution is 2.18. The van der Waals surface area contributed by atoms with Crippen molar-refractivity contribution in [3.8, 4) is 0 Å². The van der Waals surface area contributed by atoms with Crippen molar-refractivity contribution in [3.63, 3.8) is 0 Å². The van der Waals surface area contributed by atoms with E-state index in [9.17, 15) is 4.79 Å². The van der Waals surface area contributed by atoms with E-state index >= 15 is 0 Å². The molecule has 2 aromatic rings. The monoisotopic (exact) mass is 282 g/mol. The topological polar surface area (TPSA) is 55.1 Å². The average Bonchev–Trinajstić information content (AvgIpc) is 2.40. The number of anilines is 1. The van der Waals surface area contributed by atoms with Crippen molar-refractivity contribution in [1.82, 2.24) is 0 Å². The lowest BCUT2D eigenvalue weighted by molar-refractivity contribution is 0.102. The maximum absolute atomic E-state index is 12.4. The molecule has 3 heteroatoms. The first-order chi connectivity index (χ1) is 10.0. The van der Waals surface area contributed by atoms with E-state index in [1.165, 1.54) is 11.1 Å². The van der Waals surface area contributed by atoms with Gasteiger partial charge in [0.05, 0.1) is 0 Å². The third-order valence-corrected chi connectivity index (χ3v) is 3.55. The molecular formula is C18H22N2O. The van der Waals surface area contributed by atoms with Crippen LogP contribution in [0.2, 0.25) is 0 Å². The fraction of sp³-hybridized carbons (Fsp3) is 0.278. The molecule has 1 amide bonds. The Kier molecular flexibility index (Phi) is 4.76. The molecule has 3 N–H and O–H groups in total. The molecule has 0 saturated carbocycles. The molecule has 0 saturated heterocycles. The molecule has 0 atom stereocenters. The van der Waals surface area contributed by atoms with Gasteiger partial charge in [0.25, 0.3) is 5.91 Å². The van der Waals surface area contributed by atoms with Crippen molar-refractivity contribution >= 4 is 11.6 Å². The van der Waals surface area contributed by atoms with Gasteiger partial charge in [0.2, 0.25) is 0 Å². The van der Waals surface area contributed by atoms with Crippen LogP contribution in [0.25, 0.3) is 0 Å². The summed E-state index contributed by atoms with van der Waals surface area (Å²) in [6.45, 7) is 6.61. The molecule has 2 rings (SSSR count). The van der Waals surface area contributed by atoms with Crippen LogP contribution in [0.1, 0.15) is 32.6 Å². The molecule has 0 bridgehead atoms. The summed E-state index contributed by atoms with van der Waals surface area (Å²) in [6, 6.07) is 11.9. The summed E-state index contributed by atoms with van der Waals surface area (Å²) >= 11 is 0. The lowest BCUT2D eigenvalue weighted by Crippen LogP contribution is -2.15. The van der Waals surface area contributed by atoms with Crippen LogP contribution < -0.4 is 11.1 Å². The molecule has 0 aliphatic rings. The van der Waals surface area contributed by atoms with Crippen LogP contribution in [0, 0.1) is 20.8 Å². The van der Waals surface area contributed by atoms with Crippen LogP contribution in [0.4, 0.5) is 5.69 Å². The Morgan fingerprint density at radius 2 is 1.62 bits per heavy atom. The number of carbonyl (C=O) groups is 1. The number of carbonyl (C=O) groups excluding carboxylic acids is 1. The highest BCUT2D eigenvalue weighted by atomic mass is 16.1. The summed E-state index contributed by atoms with van der Waals surface area (Å²) < 4.78 is 0. The summed E-state index contributed by atoms with van der Waals surface area (Å²) in [5.74, 6) is -0.0587. The van der Waals surface area contributed by atoms with Gasteiger partial charge in [-0.05, 0) is 62.6 Å². The Balaban J connectivity index is 2.18. The first-order valence-corrected chi connectivity index (χ1v) is 7.19. The highest BCUT2D eigenvalue weighted by molar-refractivity contribution is 6.06. The van der Waals surface area contributed by atoms with Crippen molar-refractivity contribution in [2.75, 3.05) is 11.9 Å². The van der Waals surface area contributed by atoms with E-state index in [1.54, 1.807) is 0 Å². The second-order valence-corrected chi connectivity index (χ2v) is 5.46. The Labute approximate surface area is 126 Å². The number of aryl methyl sites for hydroxylation is 3. The fourth-order valence-electron chi connectivity index (χ4n) is 2.65. The van der Waals surface area contributed by atoms with E-state index in [0.717, 1.165) is 28.8 Å². The maximum Gasteiger partial charge on any atom is 0.256 e. The number of amides is 1. The van der Waals surface area contributed by atoms with E-state index in [-0.39, 0.29) is 5.91 Å². The third kappa shape index (κ3) is 3.70. The number of nitrogens with one attached hydrogen (secondary N) is 1. The number of hydrogen-bond acceptors (Lipinski definition) is 2. The number of benzene rings is 2. The normalized spacial score (nSPS) is 10.5.